The van der Waals surface area contributed by atoms with E-state index in [1.54, 1.807) is 24.5 Å². The quantitative estimate of drug-likeness (QED) is 0.906. The van der Waals surface area contributed by atoms with Crippen molar-refractivity contribution in [2.45, 2.75) is 19.4 Å². The molecule has 0 radical (unpaired) electrons. The van der Waals surface area contributed by atoms with Crippen molar-refractivity contribution in [3.8, 4) is 11.5 Å². The first kappa shape index (κ1) is 12.9. The number of benzene rings is 1. The molecule has 0 aliphatic carbocycles. The molecule has 1 aromatic carbocycles. The highest BCUT2D eigenvalue weighted by Crippen LogP contribution is 2.33. The Labute approximate surface area is 117 Å². The van der Waals surface area contributed by atoms with Crippen LogP contribution >= 0.6 is 0 Å². The predicted octanol–water partition coefficient (Wildman–Crippen LogP) is 2.03. The molecule has 0 bridgehead atoms. The highest BCUT2D eigenvalue weighted by atomic mass is 16.5. The van der Waals surface area contributed by atoms with Crippen molar-refractivity contribution >= 4 is 0 Å². The van der Waals surface area contributed by atoms with Crippen molar-refractivity contribution in [1.82, 2.24) is 9.97 Å². The lowest BCUT2D eigenvalue weighted by Crippen LogP contribution is -2.05. The highest BCUT2D eigenvalue weighted by molar-refractivity contribution is 5.44. The number of ether oxygens (including phenoxy) is 2. The Hall–Kier alpha value is -2.14. The van der Waals surface area contributed by atoms with Gasteiger partial charge in [0.05, 0.1) is 13.2 Å². The Balaban J connectivity index is 1.90. The van der Waals surface area contributed by atoms with Crippen LogP contribution in [0.1, 0.15) is 29.5 Å². The minimum atomic E-state index is -0.868. The summed E-state index contributed by atoms with van der Waals surface area (Å²) in [7, 11) is 0. The summed E-state index contributed by atoms with van der Waals surface area (Å²) in [6, 6.07) is 5.41. The van der Waals surface area contributed by atoms with Gasteiger partial charge >= 0.3 is 0 Å². The number of aliphatic hydroxyl groups excluding tert-OH is 1. The van der Waals surface area contributed by atoms with Gasteiger partial charge in [0.15, 0.2) is 17.3 Å². The van der Waals surface area contributed by atoms with Crippen LogP contribution < -0.4 is 9.47 Å². The fourth-order valence-corrected chi connectivity index (χ4v) is 2.04. The second kappa shape index (κ2) is 5.46. The Morgan fingerprint density at radius 1 is 1.10 bits per heavy atom. The number of aromatic nitrogens is 2. The number of aryl methyl sites for hydroxylation is 1. The summed E-state index contributed by atoms with van der Waals surface area (Å²) in [4.78, 5) is 8.30. The third-order valence-corrected chi connectivity index (χ3v) is 3.13. The Kier molecular flexibility index (Phi) is 3.52. The molecule has 0 saturated heterocycles. The van der Waals surface area contributed by atoms with Gasteiger partial charge in [0.25, 0.3) is 0 Å². The van der Waals surface area contributed by atoms with Crippen molar-refractivity contribution in [2.24, 2.45) is 0 Å². The van der Waals surface area contributed by atoms with E-state index >= 15 is 0 Å². The first-order chi connectivity index (χ1) is 9.74. The van der Waals surface area contributed by atoms with Crippen LogP contribution in [-0.2, 0) is 0 Å². The van der Waals surface area contributed by atoms with Gasteiger partial charge < -0.3 is 14.6 Å². The summed E-state index contributed by atoms with van der Waals surface area (Å²) in [5.74, 6) is 1.75. The Morgan fingerprint density at radius 3 is 2.55 bits per heavy atom. The summed E-state index contributed by atoms with van der Waals surface area (Å²) in [6.45, 7) is 3.17. The smallest absolute Gasteiger partial charge is 0.161 e. The fraction of sp³-hybridized carbons (Fsp3) is 0.333. The molecule has 1 aliphatic heterocycles. The molecular weight excluding hydrogens is 256 g/mol. The summed E-state index contributed by atoms with van der Waals surface area (Å²) in [5, 5.41) is 10.3. The number of aliphatic hydroxyl groups is 1. The lowest BCUT2D eigenvalue weighted by atomic mass is 10.1. The van der Waals surface area contributed by atoms with E-state index in [9.17, 15) is 5.11 Å². The van der Waals surface area contributed by atoms with Crippen LogP contribution in [0.15, 0.2) is 30.6 Å². The monoisotopic (exact) mass is 272 g/mol. The van der Waals surface area contributed by atoms with Crippen molar-refractivity contribution in [3.63, 3.8) is 0 Å². The predicted molar refractivity (Wildman–Crippen MR) is 72.9 cm³/mol. The van der Waals surface area contributed by atoms with Crippen LogP contribution in [0, 0.1) is 6.92 Å². The van der Waals surface area contributed by atoms with Gasteiger partial charge in [0, 0.05) is 18.8 Å². The zero-order valence-electron chi connectivity index (χ0n) is 11.2. The van der Waals surface area contributed by atoms with E-state index in [2.05, 4.69) is 9.97 Å². The fourth-order valence-electron chi connectivity index (χ4n) is 2.04. The maximum Gasteiger partial charge on any atom is 0.161 e. The molecule has 3 rings (SSSR count). The maximum absolute atomic E-state index is 10.3. The van der Waals surface area contributed by atoms with Gasteiger partial charge in [-0.3, -0.25) is 0 Å². The molecule has 0 fully saturated rings. The molecule has 0 spiro atoms. The van der Waals surface area contributed by atoms with Gasteiger partial charge in [-0.1, -0.05) is 6.07 Å². The average molecular weight is 272 g/mol. The molecule has 1 unspecified atom stereocenters. The molecule has 20 heavy (non-hydrogen) atoms. The van der Waals surface area contributed by atoms with Gasteiger partial charge in [-0.25, -0.2) is 9.97 Å². The van der Waals surface area contributed by atoms with Crippen molar-refractivity contribution < 1.29 is 14.6 Å². The largest absolute Gasteiger partial charge is 0.490 e. The molecule has 1 N–H and O–H groups in total. The van der Waals surface area contributed by atoms with Crippen LogP contribution in [0.2, 0.25) is 0 Å². The van der Waals surface area contributed by atoms with Crippen LogP contribution in [0.4, 0.5) is 0 Å². The highest BCUT2D eigenvalue weighted by Gasteiger charge is 2.17. The van der Waals surface area contributed by atoms with Crippen molar-refractivity contribution in [3.05, 3.63) is 47.5 Å². The summed E-state index contributed by atoms with van der Waals surface area (Å²) >= 11 is 0. The topological polar surface area (TPSA) is 64.5 Å². The molecule has 1 aliphatic rings. The Morgan fingerprint density at radius 2 is 1.80 bits per heavy atom. The molecule has 1 atom stereocenters. The molecular formula is C15H16N2O3. The van der Waals surface area contributed by atoms with Gasteiger partial charge in [-0.15, -0.1) is 0 Å². The van der Waals surface area contributed by atoms with E-state index < -0.39 is 6.10 Å². The third-order valence-electron chi connectivity index (χ3n) is 3.13. The lowest BCUT2D eigenvalue weighted by Gasteiger charge is -2.13. The second-order valence-electron chi connectivity index (χ2n) is 4.78. The summed E-state index contributed by atoms with van der Waals surface area (Å²) < 4.78 is 11.2. The zero-order chi connectivity index (χ0) is 13.9. The molecule has 2 heterocycles. The first-order valence-corrected chi connectivity index (χ1v) is 6.60. The maximum atomic E-state index is 10.3. The molecule has 5 heteroatoms. The number of rotatable bonds is 2. The molecule has 2 aromatic rings. The second-order valence-corrected chi connectivity index (χ2v) is 4.78. The third kappa shape index (κ3) is 2.58. The normalized spacial score (nSPS) is 15.5. The van der Waals surface area contributed by atoms with Crippen LogP contribution in [-0.4, -0.2) is 28.3 Å². The van der Waals surface area contributed by atoms with Gasteiger partial charge in [0.2, 0.25) is 0 Å². The minimum Gasteiger partial charge on any atom is -0.490 e. The van der Waals surface area contributed by atoms with E-state index in [-0.39, 0.29) is 0 Å². The number of hydrogen-bond acceptors (Lipinski definition) is 5. The van der Waals surface area contributed by atoms with Crippen molar-refractivity contribution in [2.75, 3.05) is 13.2 Å². The van der Waals surface area contributed by atoms with E-state index in [1.807, 2.05) is 13.0 Å². The summed E-state index contributed by atoms with van der Waals surface area (Å²) in [6.07, 6.45) is 3.37. The van der Waals surface area contributed by atoms with Gasteiger partial charge in [-0.2, -0.15) is 0 Å². The molecule has 0 amide bonds. The first-order valence-electron chi connectivity index (χ1n) is 6.60. The van der Waals surface area contributed by atoms with E-state index in [1.165, 1.54) is 0 Å². The average Bonchev–Trinajstić information content (AvgIpc) is 2.71. The van der Waals surface area contributed by atoms with E-state index in [4.69, 9.17) is 9.47 Å². The number of fused-ring (bicyclic) bond motifs is 1. The van der Waals surface area contributed by atoms with Crippen LogP contribution in [0.5, 0.6) is 11.5 Å². The molecule has 104 valence electrons. The molecule has 1 aromatic heterocycles. The number of nitrogens with zero attached hydrogens (tertiary/aromatic N) is 2. The van der Waals surface area contributed by atoms with E-state index in [0.29, 0.717) is 36.1 Å². The van der Waals surface area contributed by atoms with Crippen molar-refractivity contribution in [1.29, 1.82) is 0 Å². The lowest BCUT2D eigenvalue weighted by molar-refractivity contribution is 0.209. The standard InChI is InChI=1S/C15H16N2O3/c1-10-8-16-15(17-9-10)14(18)11-3-4-12-13(7-11)20-6-2-5-19-12/h3-4,7-9,14,18H,2,5-6H2,1H3. The number of hydrogen-bond donors (Lipinski definition) is 1. The van der Waals surface area contributed by atoms with Crippen LogP contribution in [0.25, 0.3) is 0 Å². The summed E-state index contributed by atoms with van der Waals surface area (Å²) in [5.41, 5.74) is 1.65. The zero-order valence-corrected chi connectivity index (χ0v) is 11.2. The molecule has 5 nitrogen and oxygen atoms in total. The Bertz CT molecular complexity index is 599. The van der Waals surface area contributed by atoms with Gasteiger partial charge in [-0.05, 0) is 30.2 Å². The van der Waals surface area contributed by atoms with E-state index in [0.717, 1.165) is 12.0 Å². The SMILES string of the molecule is Cc1cnc(C(O)c2ccc3c(c2)OCCCO3)nc1. The van der Waals surface area contributed by atoms with Gasteiger partial charge in [0.1, 0.15) is 6.10 Å². The van der Waals surface area contributed by atoms with Crippen LogP contribution in [0.3, 0.4) is 0 Å². The molecule has 0 saturated carbocycles. The minimum absolute atomic E-state index is 0.380.